The highest BCUT2D eigenvalue weighted by Gasteiger charge is 2.11. The van der Waals surface area contributed by atoms with Crippen molar-refractivity contribution in [1.29, 1.82) is 0 Å². The van der Waals surface area contributed by atoms with Gasteiger partial charge in [0.1, 0.15) is 0 Å². The monoisotopic (exact) mass is 306 g/mol. The number of hydrogen-bond acceptors (Lipinski definition) is 5. The van der Waals surface area contributed by atoms with Crippen molar-refractivity contribution in [3.05, 3.63) is 40.6 Å². The first-order chi connectivity index (χ1) is 10.1. The number of rotatable bonds is 5. The molecule has 8 heteroatoms. The third kappa shape index (κ3) is 4.25. The number of thiazole rings is 1. The summed E-state index contributed by atoms with van der Waals surface area (Å²) < 4.78 is 0. The van der Waals surface area contributed by atoms with Gasteiger partial charge in [-0.1, -0.05) is 6.92 Å². The molecule has 0 radical (unpaired) electrons. The summed E-state index contributed by atoms with van der Waals surface area (Å²) in [6, 6.07) is 0.932. The lowest BCUT2D eigenvalue weighted by Gasteiger charge is -2.11. The van der Waals surface area contributed by atoms with Crippen molar-refractivity contribution in [2.24, 2.45) is 0 Å². The Hall–Kier alpha value is -2.48. The molecule has 0 saturated heterocycles. The number of hydrogen-bond donors (Lipinski definition) is 3. The van der Waals surface area contributed by atoms with Gasteiger partial charge >= 0.3 is 12.0 Å². The predicted octanol–water partition coefficient (Wildman–Crippen LogP) is 2.16. The summed E-state index contributed by atoms with van der Waals surface area (Å²) in [5, 5.41) is 16.9. The number of aromatic carboxylic acids is 1. The summed E-state index contributed by atoms with van der Waals surface area (Å²) in [4.78, 5) is 30.5. The molecule has 2 aromatic rings. The van der Waals surface area contributed by atoms with Crippen LogP contribution in [0.25, 0.3) is 0 Å². The van der Waals surface area contributed by atoms with E-state index in [0.29, 0.717) is 12.2 Å². The highest BCUT2D eigenvalue weighted by molar-refractivity contribution is 7.09. The van der Waals surface area contributed by atoms with Crippen LogP contribution in [0.3, 0.4) is 0 Å². The molecule has 1 unspecified atom stereocenters. The smallest absolute Gasteiger partial charge is 0.337 e. The summed E-state index contributed by atoms with van der Waals surface area (Å²) >= 11 is 1.53. The molecule has 0 aliphatic heterocycles. The van der Waals surface area contributed by atoms with Crippen LogP contribution in [0.2, 0.25) is 0 Å². The molecule has 3 N–H and O–H groups in total. The Morgan fingerprint density at radius 1 is 1.43 bits per heavy atom. The quantitative estimate of drug-likeness (QED) is 0.785. The minimum atomic E-state index is -1.09. The number of carbonyl (C=O) groups is 2. The van der Waals surface area contributed by atoms with Crippen LogP contribution in [-0.2, 0) is 0 Å². The lowest BCUT2D eigenvalue weighted by Crippen LogP contribution is -2.31. The number of nitrogens with one attached hydrogen (secondary N) is 2. The van der Waals surface area contributed by atoms with Gasteiger partial charge in [-0.05, 0) is 6.07 Å². The van der Waals surface area contributed by atoms with E-state index in [9.17, 15) is 9.59 Å². The van der Waals surface area contributed by atoms with Gasteiger partial charge in [0, 0.05) is 30.2 Å². The Balaban J connectivity index is 1.87. The van der Waals surface area contributed by atoms with Crippen molar-refractivity contribution >= 4 is 29.0 Å². The van der Waals surface area contributed by atoms with Crippen molar-refractivity contribution in [1.82, 2.24) is 15.3 Å². The molecule has 1 atom stereocenters. The zero-order chi connectivity index (χ0) is 15.2. The highest BCUT2D eigenvalue weighted by atomic mass is 32.1. The van der Waals surface area contributed by atoms with E-state index in [2.05, 4.69) is 20.6 Å². The van der Waals surface area contributed by atoms with E-state index < -0.39 is 12.0 Å². The van der Waals surface area contributed by atoms with Crippen LogP contribution in [0.4, 0.5) is 10.5 Å². The number of carbonyl (C=O) groups excluding carboxylic acids is 1. The molecular formula is C13H14N4O3S. The van der Waals surface area contributed by atoms with E-state index in [4.69, 9.17) is 5.11 Å². The van der Waals surface area contributed by atoms with Gasteiger partial charge in [-0.25, -0.2) is 14.6 Å². The zero-order valence-corrected chi connectivity index (χ0v) is 12.1. The van der Waals surface area contributed by atoms with Crippen LogP contribution >= 0.6 is 11.3 Å². The first-order valence-electron chi connectivity index (χ1n) is 6.19. The zero-order valence-electron chi connectivity index (χ0n) is 11.2. The Bertz CT molecular complexity index is 630. The van der Waals surface area contributed by atoms with E-state index in [1.807, 2.05) is 12.3 Å². The normalized spacial score (nSPS) is 11.7. The maximum atomic E-state index is 11.8. The Morgan fingerprint density at radius 2 is 2.24 bits per heavy atom. The fourth-order valence-corrected chi connectivity index (χ4v) is 2.31. The van der Waals surface area contributed by atoms with Crippen LogP contribution in [-0.4, -0.2) is 33.6 Å². The Labute approximate surface area is 125 Å². The molecule has 0 bridgehead atoms. The number of amides is 2. The lowest BCUT2D eigenvalue weighted by molar-refractivity contribution is 0.0696. The second-order valence-electron chi connectivity index (χ2n) is 4.37. The van der Waals surface area contributed by atoms with Gasteiger partial charge in [-0.3, -0.25) is 4.98 Å². The van der Waals surface area contributed by atoms with Gasteiger partial charge in [-0.2, -0.15) is 0 Å². The third-order valence-electron chi connectivity index (χ3n) is 2.68. The molecule has 0 spiro atoms. The minimum absolute atomic E-state index is 0.0175. The maximum Gasteiger partial charge on any atom is 0.337 e. The van der Waals surface area contributed by atoms with E-state index in [0.717, 1.165) is 5.01 Å². The molecule has 2 aromatic heterocycles. The number of urea groups is 1. The van der Waals surface area contributed by atoms with Crippen molar-refractivity contribution in [2.45, 2.75) is 12.8 Å². The summed E-state index contributed by atoms with van der Waals surface area (Å²) in [5.41, 5.74) is 0.346. The number of aromatic nitrogens is 2. The van der Waals surface area contributed by atoms with E-state index >= 15 is 0 Å². The van der Waals surface area contributed by atoms with Crippen molar-refractivity contribution in [3.63, 3.8) is 0 Å². The molecule has 0 saturated carbocycles. The Kier molecular flexibility index (Phi) is 4.83. The number of anilines is 1. The number of carboxylic acids is 1. The van der Waals surface area contributed by atoms with Gasteiger partial charge < -0.3 is 15.7 Å². The topological polar surface area (TPSA) is 104 Å². The van der Waals surface area contributed by atoms with Gasteiger partial charge in [0.2, 0.25) is 0 Å². The van der Waals surface area contributed by atoms with E-state index in [1.165, 1.54) is 29.8 Å². The SMILES string of the molecule is CC(CNC(=O)Nc1cncc(C(=O)O)c1)c1nccs1. The second kappa shape index (κ2) is 6.80. The van der Waals surface area contributed by atoms with E-state index in [-0.39, 0.29) is 11.5 Å². The predicted molar refractivity (Wildman–Crippen MR) is 78.7 cm³/mol. The van der Waals surface area contributed by atoms with Crippen molar-refractivity contribution in [2.75, 3.05) is 11.9 Å². The van der Waals surface area contributed by atoms with Gasteiger partial charge in [-0.15, -0.1) is 11.3 Å². The van der Waals surface area contributed by atoms with Crippen LogP contribution < -0.4 is 10.6 Å². The molecule has 2 amide bonds. The molecular weight excluding hydrogens is 292 g/mol. The largest absolute Gasteiger partial charge is 0.478 e. The first-order valence-corrected chi connectivity index (χ1v) is 7.07. The molecule has 0 aromatic carbocycles. The second-order valence-corrected chi connectivity index (χ2v) is 5.30. The Morgan fingerprint density at radius 3 is 2.90 bits per heavy atom. The average Bonchev–Trinajstić information content (AvgIpc) is 2.99. The lowest BCUT2D eigenvalue weighted by atomic mass is 10.2. The molecule has 110 valence electrons. The first kappa shape index (κ1) is 14.9. The summed E-state index contributed by atoms with van der Waals surface area (Å²) in [6.07, 6.45) is 4.33. The number of carboxylic acid groups (broad SMARTS) is 1. The molecule has 21 heavy (non-hydrogen) atoms. The van der Waals surface area contributed by atoms with Gasteiger partial charge in [0.15, 0.2) is 0 Å². The highest BCUT2D eigenvalue weighted by Crippen LogP contribution is 2.16. The van der Waals surface area contributed by atoms with Crippen LogP contribution in [0.5, 0.6) is 0 Å². The van der Waals surface area contributed by atoms with Crippen LogP contribution in [0.1, 0.15) is 28.2 Å². The molecule has 2 heterocycles. The minimum Gasteiger partial charge on any atom is -0.478 e. The maximum absolute atomic E-state index is 11.8. The van der Waals surface area contributed by atoms with Gasteiger partial charge in [0.05, 0.1) is 22.5 Å². The van der Waals surface area contributed by atoms with Gasteiger partial charge in [0.25, 0.3) is 0 Å². The fourth-order valence-electron chi connectivity index (χ4n) is 1.61. The molecule has 7 nitrogen and oxygen atoms in total. The summed E-state index contributed by atoms with van der Waals surface area (Å²) in [5.74, 6) is -0.983. The van der Waals surface area contributed by atoms with Crippen LogP contribution in [0.15, 0.2) is 30.0 Å². The van der Waals surface area contributed by atoms with E-state index in [1.54, 1.807) is 6.20 Å². The summed E-state index contributed by atoms with van der Waals surface area (Å²) in [6.45, 7) is 2.40. The third-order valence-corrected chi connectivity index (χ3v) is 3.69. The van der Waals surface area contributed by atoms with Crippen molar-refractivity contribution < 1.29 is 14.7 Å². The molecule has 2 rings (SSSR count). The number of nitrogens with zero attached hydrogens (tertiary/aromatic N) is 2. The molecule has 0 aliphatic carbocycles. The fraction of sp³-hybridized carbons (Fsp3) is 0.231. The molecule has 0 fully saturated rings. The standard InChI is InChI=1S/C13H14N4O3S/c1-8(11-15-2-3-21-11)5-16-13(20)17-10-4-9(12(18)19)6-14-7-10/h2-4,6-8H,5H2,1H3,(H,18,19)(H2,16,17,20). The molecule has 0 aliphatic rings. The van der Waals surface area contributed by atoms with Crippen molar-refractivity contribution in [3.8, 4) is 0 Å². The number of pyridine rings is 1. The summed E-state index contributed by atoms with van der Waals surface area (Å²) in [7, 11) is 0. The average molecular weight is 306 g/mol. The van der Waals surface area contributed by atoms with Crippen LogP contribution in [0, 0.1) is 0 Å².